The second kappa shape index (κ2) is 19.6. The number of ether oxygens (including phenoxy) is 1. The minimum atomic E-state index is -6.24. The van der Waals surface area contributed by atoms with Gasteiger partial charge in [0.2, 0.25) is 0 Å². The van der Waals surface area contributed by atoms with E-state index in [-0.39, 0.29) is 50.1 Å². The first-order valence-corrected chi connectivity index (χ1v) is 26.7. The molecule has 0 unspecified atom stereocenters. The number of hydrogen-bond donors (Lipinski definition) is 0. The van der Waals surface area contributed by atoms with Crippen LogP contribution in [0.1, 0.15) is 73.1 Å². The molecule has 3 heterocycles. The molecule has 78 heavy (non-hydrogen) atoms. The highest BCUT2D eigenvalue weighted by atomic mass is 28.3. The Labute approximate surface area is 494 Å². The van der Waals surface area contributed by atoms with E-state index in [9.17, 15) is 19.2 Å². The van der Waals surface area contributed by atoms with Crippen molar-refractivity contribution in [2.75, 3.05) is 0 Å². The van der Waals surface area contributed by atoms with Gasteiger partial charge in [0.1, 0.15) is 17.3 Å². The lowest BCUT2D eigenvalue weighted by atomic mass is 9.88. The second-order valence-corrected chi connectivity index (χ2v) is 23.0. The summed E-state index contributed by atoms with van der Waals surface area (Å²) in [5, 5.41) is -1.47. The van der Waals surface area contributed by atoms with Crippen molar-refractivity contribution in [1.82, 2.24) is 14.1 Å². The first kappa shape index (κ1) is 27.6. The van der Waals surface area contributed by atoms with E-state index >= 15 is 0 Å². The van der Waals surface area contributed by atoms with Gasteiger partial charge in [-0.3, -0.25) is 13.7 Å². The van der Waals surface area contributed by atoms with E-state index in [2.05, 4.69) is 27.1 Å². The predicted octanol–water partition coefficient (Wildman–Crippen LogP) is 14.6. The van der Waals surface area contributed by atoms with E-state index in [1.807, 2.05) is 53.1 Å². The van der Waals surface area contributed by atoms with Gasteiger partial charge >= 0.3 is 0 Å². The number of para-hydroxylation sites is 2. The molecule has 0 spiro atoms. The van der Waals surface area contributed by atoms with Crippen molar-refractivity contribution in [2.24, 2.45) is 0 Å². The van der Waals surface area contributed by atoms with Gasteiger partial charge in [-0.05, 0) is 133 Å². The summed E-state index contributed by atoms with van der Waals surface area (Å²) in [7, 11) is -6.24. The van der Waals surface area contributed by atoms with Crippen molar-refractivity contribution in [2.45, 2.75) is 39.9 Å². The zero-order chi connectivity index (χ0) is 75.4. The average molecular weight is 1050 g/mol. The van der Waals surface area contributed by atoms with Gasteiger partial charge < -0.3 is 4.74 Å². The molecule has 0 N–H and O–H groups in total. The Morgan fingerprint density at radius 3 is 1.86 bits per heavy atom. The number of imidazole rings is 1. The average Bonchev–Trinajstić information content (AvgIpc) is 0.953. The first-order valence-electron chi connectivity index (χ1n) is 37.7. The van der Waals surface area contributed by atoms with Gasteiger partial charge in [-0.25, -0.2) is 4.98 Å². The molecule has 5 nitrogen and oxygen atoms in total. The molecule has 13 aromatic rings. The Balaban J connectivity index is 1.21. The summed E-state index contributed by atoms with van der Waals surface area (Å²) in [6.45, 7) is 0.411. The number of fused-ring (bicyclic) bond motifs is 4. The molecule has 3 aromatic heterocycles. The van der Waals surface area contributed by atoms with Crippen LogP contribution in [0.2, 0.25) is 0 Å². The third kappa shape index (κ3) is 8.33. The summed E-state index contributed by atoms with van der Waals surface area (Å²) in [6.07, 6.45) is 5.08. The molecule has 376 valence electrons. The highest BCUT2D eigenvalue weighted by Gasteiger charge is 2.44. The third-order valence-electron chi connectivity index (χ3n) is 13.9. The molecule has 10 aromatic carbocycles. The van der Waals surface area contributed by atoms with Crippen LogP contribution in [0, 0.1) is 20.0 Å². The van der Waals surface area contributed by atoms with Gasteiger partial charge in [0.25, 0.3) is 6.33 Å². The fourth-order valence-corrected chi connectivity index (χ4v) is 14.3. The maximum atomic E-state index is 9.99. The van der Waals surface area contributed by atoms with Crippen LogP contribution < -0.4 is 30.1 Å². The van der Waals surface area contributed by atoms with Crippen LogP contribution in [0.15, 0.2) is 261 Å². The molecule has 0 bridgehead atoms. The summed E-state index contributed by atoms with van der Waals surface area (Å²) >= 11 is 0. The van der Waals surface area contributed by atoms with Gasteiger partial charge in [-0.15, -0.1) is 0 Å². The molecule has 0 fully saturated rings. The number of hydrogen-bond acceptors (Lipinski definition) is 2. The van der Waals surface area contributed by atoms with Crippen LogP contribution in [0.25, 0.3) is 72.3 Å². The topological polar surface area (TPSA) is 35.9 Å². The van der Waals surface area contributed by atoms with Crippen molar-refractivity contribution >= 4 is 61.7 Å². The van der Waals surface area contributed by atoms with Crippen molar-refractivity contribution in [1.29, 1.82) is 0 Å². The van der Waals surface area contributed by atoms with Crippen LogP contribution in [-0.4, -0.2) is 22.2 Å². The lowest BCUT2D eigenvalue weighted by molar-refractivity contribution is -0.570. The molecule has 0 aliphatic rings. The predicted molar refractivity (Wildman–Crippen MR) is 325 cm³/mol. The van der Waals surface area contributed by atoms with Gasteiger partial charge in [0.05, 0.1) is 60.9 Å². The zero-order valence-electron chi connectivity index (χ0n) is 68.0. The molecule has 0 saturated carbocycles. The van der Waals surface area contributed by atoms with E-state index in [4.69, 9.17) is 26.2 Å². The number of aryl methyl sites for hydroxylation is 2. The van der Waals surface area contributed by atoms with Crippen molar-refractivity contribution in [3.63, 3.8) is 0 Å². The normalized spacial score (nSPS) is 17.0. The molecular formula is C72H58N4OSi. The first-order chi connectivity index (χ1) is 48.8. The quantitative estimate of drug-likeness (QED) is 0.0560. The Hall–Kier alpha value is -9.36. The van der Waals surface area contributed by atoms with Gasteiger partial charge in [0, 0.05) is 31.3 Å². The van der Waals surface area contributed by atoms with Crippen molar-refractivity contribution < 1.29 is 44.9 Å². The third-order valence-corrected chi connectivity index (χ3v) is 18.1. The Morgan fingerprint density at radius 1 is 0.551 bits per heavy atom. The summed E-state index contributed by atoms with van der Waals surface area (Å²) in [5.41, 5.74) is -0.00208. The Kier molecular flexibility index (Phi) is 6.96. The number of rotatable bonds is 11. The van der Waals surface area contributed by atoms with Crippen molar-refractivity contribution in [3.05, 3.63) is 284 Å². The fourth-order valence-electron chi connectivity index (χ4n) is 10.3. The Morgan fingerprint density at radius 2 is 1.18 bits per heavy atom. The number of benzene rings is 10. The smallest absolute Gasteiger partial charge is 0.269 e. The number of aromatic nitrogens is 4. The minimum Gasteiger partial charge on any atom is -0.458 e. The molecule has 0 aliphatic heterocycles. The molecule has 0 radical (unpaired) electrons. The van der Waals surface area contributed by atoms with E-state index in [1.165, 1.54) is 63.7 Å². The zero-order valence-corrected chi connectivity index (χ0v) is 43.0. The molecule has 0 aliphatic carbocycles. The number of pyridine rings is 1. The minimum absolute atomic E-state index is 0.00470. The SMILES string of the molecule is [2H]c1c([2H])c([2H])c(-c2cccc([Si](c3c([2H])c([2H])c([2H])c([2H])c3[2H])(c3c([2H])c([2H])c([2H])c([2H])c3[2H])c3c([2H])c([2H])c([2H])c([2H])c3[2H])c2-[n+]2[c-]n(-c3cccc(Oc4ccc5c6ccccc6n(-c6cc(C(C)(C)C)ccn6)c5c4)c3)c3cc(-c4c(C([2H])([2H])[2H])cccc4C([2H])([2H])[2H])ccc32)c([2H])c1[2H]. The maximum absolute atomic E-state index is 9.99. The van der Waals surface area contributed by atoms with Crippen LogP contribution >= 0.6 is 0 Å². The summed E-state index contributed by atoms with van der Waals surface area (Å²) in [4.78, 5) is 4.82. The van der Waals surface area contributed by atoms with Crippen LogP contribution in [0.5, 0.6) is 11.5 Å². The summed E-state index contributed by atoms with van der Waals surface area (Å²) in [5.74, 6) is 1.17. The van der Waals surface area contributed by atoms with Gasteiger partial charge in [-0.2, -0.15) is 0 Å². The van der Waals surface area contributed by atoms with E-state index in [0.717, 1.165) is 27.4 Å². The number of nitrogens with zero attached hydrogens (tertiary/aromatic N) is 4. The standard InChI is InChI=1S/C72H58N4OSi/c1-50-23-20-24-51(2)70(50)53-39-42-65-67(45-53)74(55-27-21-28-56(47-55)77-57-40-41-63-62-35-18-19-37-64(62)76(66(63)48-57)69-46-54(43-44-73-69)72(3,4)5)49-75(65)71-61(52-25-10-6-11-26-52)36-22-38-68(71)78(58-29-12-7-13-30-58,59-31-14-8-15-32-59)60-33-16-9-17-34-60/h6-48H,1-5H3/i1D3,2D3,6D,7D,8D,9D,10D,11D,12D,13D,14D,15D,16D,17D,25D,26D,29D,30D,31D,32D,33D,34D. The highest BCUT2D eigenvalue weighted by molar-refractivity contribution is 7.20. The van der Waals surface area contributed by atoms with Crippen molar-refractivity contribution in [3.8, 4) is 50.9 Å². The molecule has 0 saturated heterocycles. The maximum Gasteiger partial charge on any atom is 0.269 e. The van der Waals surface area contributed by atoms with E-state index < -0.39 is 180 Å². The van der Waals surface area contributed by atoms with Crippen LogP contribution in [0.4, 0.5) is 0 Å². The van der Waals surface area contributed by atoms with Crippen LogP contribution in [0.3, 0.4) is 0 Å². The molecule has 6 heteroatoms. The lowest BCUT2D eigenvalue weighted by Crippen LogP contribution is -2.76. The van der Waals surface area contributed by atoms with E-state index in [1.54, 1.807) is 36.5 Å². The highest BCUT2D eigenvalue weighted by Crippen LogP contribution is 2.38. The van der Waals surface area contributed by atoms with E-state index in [0.29, 0.717) is 11.6 Å². The lowest BCUT2D eigenvalue weighted by Gasteiger charge is -2.36. The second-order valence-electron chi connectivity index (χ2n) is 19.4. The molecule has 0 amide bonds. The van der Waals surface area contributed by atoms with Crippen LogP contribution in [-0.2, 0) is 5.41 Å². The summed E-state index contributed by atoms with van der Waals surface area (Å²) in [6, 6.07) is 15.0. The molecule has 13 rings (SSSR count). The van der Waals surface area contributed by atoms with Gasteiger partial charge in [-0.1, -0.05) is 214 Å². The molecular weight excluding hydrogens is 965 g/mol. The molecule has 0 atom stereocenters. The Bertz CT molecular complexity index is 5520. The summed E-state index contributed by atoms with van der Waals surface area (Å²) < 4.78 is 253. The van der Waals surface area contributed by atoms with Gasteiger partial charge in [0.15, 0.2) is 8.07 Å². The largest absolute Gasteiger partial charge is 0.458 e. The monoisotopic (exact) mass is 1050 g/mol. The fraction of sp³-hybridized carbons (Fsp3) is 0.0833.